The SMILES string of the molecule is COc1ccc2c(c1)C1(CCCC(N)=O)CC3(CNC3C1C)C2. The van der Waals surface area contributed by atoms with E-state index in [0.29, 0.717) is 23.8 Å². The zero-order valence-corrected chi connectivity index (χ0v) is 14.0. The van der Waals surface area contributed by atoms with Crippen molar-refractivity contribution in [3.05, 3.63) is 29.3 Å². The fourth-order valence-electron chi connectivity index (χ4n) is 5.78. The molecule has 4 nitrogen and oxygen atoms in total. The van der Waals surface area contributed by atoms with Crippen LogP contribution in [0.15, 0.2) is 18.2 Å². The van der Waals surface area contributed by atoms with Crippen LogP contribution in [0.4, 0.5) is 0 Å². The molecular weight excluding hydrogens is 288 g/mol. The summed E-state index contributed by atoms with van der Waals surface area (Å²) in [6, 6.07) is 7.19. The molecule has 124 valence electrons. The van der Waals surface area contributed by atoms with Gasteiger partial charge >= 0.3 is 0 Å². The van der Waals surface area contributed by atoms with Gasteiger partial charge in [-0.3, -0.25) is 4.79 Å². The zero-order chi connectivity index (χ0) is 16.2. The number of carbonyl (C=O) groups is 1. The first-order valence-electron chi connectivity index (χ1n) is 8.70. The molecule has 2 fully saturated rings. The molecule has 1 aliphatic heterocycles. The lowest BCUT2D eigenvalue weighted by Crippen LogP contribution is -2.62. The summed E-state index contributed by atoms with van der Waals surface area (Å²) < 4.78 is 5.49. The summed E-state index contributed by atoms with van der Waals surface area (Å²) in [6.45, 7) is 3.52. The number of benzene rings is 1. The van der Waals surface area contributed by atoms with Crippen molar-refractivity contribution in [3.63, 3.8) is 0 Å². The number of ether oxygens (including phenoxy) is 1. The number of primary amides is 1. The highest BCUT2D eigenvalue weighted by Crippen LogP contribution is 2.64. The second-order valence-electron chi connectivity index (χ2n) is 7.86. The topological polar surface area (TPSA) is 64.3 Å². The van der Waals surface area contributed by atoms with Crippen molar-refractivity contribution >= 4 is 5.91 Å². The molecule has 4 atom stereocenters. The van der Waals surface area contributed by atoms with E-state index in [9.17, 15) is 4.79 Å². The van der Waals surface area contributed by atoms with Crippen molar-refractivity contribution in [2.75, 3.05) is 13.7 Å². The van der Waals surface area contributed by atoms with Crippen LogP contribution in [0.1, 0.15) is 43.7 Å². The van der Waals surface area contributed by atoms with Crippen molar-refractivity contribution < 1.29 is 9.53 Å². The normalized spacial score (nSPS) is 36.8. The van der Waals surface area contributed by atoms with Gasteiger partial charge in [-0.2, -0.15) is 0 Å². The molecule has 1 saturated carbocycles. The molecule has 4 rings (SSSR count). The molecule has 1 amide bonds. The number of methoxy groups -OCH3 is 1. The van der Waals surface area contributed by atoms with Gasteiger partial charge in [-0.1, -0.05) is 13.0 Å². The Labute approximate surface area is 137 Å². The number of nitrogens with one attached hydrogen (secondary N) is 1. The number of carbonyl (C=O) groups excluding carboxylic acids is 1. The van der Waals surface area contributed by atoms with Gasteiger partial charge in [0.1, 0.15) is 5.75 Å². The summed E-state index contributed by atoms with van der Waals surface area (Å²) in [4.78, 5) is 11.2. The Morgan fingerprint density at radius 2 is 2.30 bits per heavy atom. The maximum Gasteiger partial charge on any atom is 0.217 e. The lowest BCUT2D eigenvalue weighted by atomic mass is 9.61. The molecule has 2 bridgehead atoms. The van der Waals surface area contributed by atoms with Gasteiger partial charge in [-0.05, 0) is 54.9 Å². The van der Waals surface area contributed by atoms with Gasteiger partial charge in [0.15, 0.2) is 0 Å². The minimum absolute atomic E-state index is 0.158. The summed E-state index contributed by atoms with van der Waals surface area (Å²) in [5.41, 5.74) is 8.89. The van der Waals surface area contributed by atoms with E-state index in [-0.39, 0.29) is 11.3 Å². The van der Waals surface area contributed by atoms with E-state index < -0.39 is 0 Å². The van der Waals surface area contributed by atoms with E-state index in [4.69, 9.17) is 10.5 Å². The van der Waals surface area contributed by atoms with Crippen LogP contribution in [0.25, 0.3) is 0 Å². The summed E-state index contributed by atoms with van der Waals surface area (Å²) in [5.74, 6) is 1.33. The highest BCUT2D eigenvalue weighted by Gasteiger charge is 2.66. The fraction of sp³-hybridized carbons (Fsp3) is 0.632. The standard InChI is InChI=1S/C19H26N2O2/c1-12-17-18(11-21-17)9-13-5-6-14(23-2)8-15(13)19(12,10-18)7-3-4-16(20)22/h5-6,8,12,17,21H,3-4,7,9-11H2,1-2H3,(H2,20,22). The van der Waals surface area contributed by atoms with Crippen molar-refractivity contribution in [3.8, 4) is 5.75 Å². The van der Waals surface area contributed by atoms with E-state index in [2.05, 4.69) is 30.4 Å². The average Bonchev–Trinajstić information content (AvgIpc) is 2.64. The van der Waals surface area contributed by atoms with Crippen LogP contribution in [0.5, 0.6) is 5.75 Å². The van der Waals surface area contributed by atoms with Crippen LogP contribution >= 0.6 is 0 Å². The monoisotopic (exact) mass is 314 g/mol. The fourth-order valence-corrected chi connectivity index (χ4v) is 5.78. The third kappa shape index (κ3) is 1.97. The number of rotatable bonds is 5. The molecule has 0 aromatic heterocycles. The number of fused-ring (bicyclic) bond motifs is 3. The van der Waals surface area contributed by atoms with Crippen molar-refractivity contribution in [2.45, 2.75) is 50.5 Å². The molecule has 1 aromatic carbocycles. The van der Waals surface area contributed by atoms with E-state index in [1.54, 1.807) is 7.11 Å². The van der Waals surface area contributed by atoms with Crippen molar-refractivity contribution in [1.82, 2.24) is 5.32 Å². The summed E-state index contributed by atoms with van der Waals surface area (Å²) >= 11 is 0. The van der Waals surface area contributed by atoms with Crippen LogP contribution in [-0.4, -0.2) is 25.6 Å². The van der Waals surface area contributed by atoms with Crippen LogP contribution in [0.2, 0.25) is 0 Å². The first kappa shape index (κ1) is 15.0. The molecule has 0 radical (unpaired) electrons. The Hall–Kier alpha value is -1.55. The van der Waals surface area contributed by atoms with Crippen LogP contribution in [0.3, 0.4) is 0 Å². The van der Waals surface area contributed by atoms with Crippen LogP contribution < -0.4 is 15.8 Å². The molecule has 1 saturated heterocycles. The molecule has 4 unspecified atom stereocenters. The summed E-state index contributed by atoms with van der Waals surface area (Å²) in [5, 5.41) is 3.68. The lowest BCUT2D eigenvalue weighted by molar-refractivity contribution is -0.118. The molecule has 4 heteroatoms. The first-order valence-corrected chi connectivity index (χ1v) is 8.70. The predicted molar refractivity (Wildman–Crippen MR) is 89.4 cm³/mol. The summed E-state index contributed by atoms with van der Waals surface area (Å²) in [6.07, 6.45) is 4.80. The molecule has 1 spiro atoms. The van der Waals surface area contributed by atoms with Gasteiger partial charge in [-0.25, -0.2) is 0 Å². The summed E-state index contributed by atoms with van der Waals surface area (Å²) in [7, 11) is 1.73. The second-order valence-corrected chi connectivity index (χ2v) is 7.86. The average molecular weight is 314 g/mol. The number of amides is 1. The third-order valence-corrected chi connectivity index (χ3v) is 6.81. The number of hydrogen-bond donors (Lipinski definition) is 2. The highest BCUT2D eigenvalue weighted by atomic mass is 16.5. The van der Waals surface area contributed by atoms with Crippen LogP contribution in [-0.2, 0) is 16.6 Å². The maximum atomic E-state index is 11.2. The maximum absolute atomic E-state index is 11.2. The lowest BCUT2D eigenvalue weighted by Gasteiger charge is -2.49. The Kier molecular flexibility index (Phi) is 3.24. The molecule has 3 aliphatic rings. The minimum atomic E-state index is -0.190. The Balaban J connectivity index is 1.76. The molecule has 1 aromatic rings. The predicted octanol–water partition coefficient (Wildman–Crippen LogP) is 2.14. The Morgan fingerprint density at radius 3 is 2.96 bits per heavy atom. The Morgan fingerprint density at radius 1 is 1.48 bits per heavy atom. The first-order chi connectivity index (χ1) is 11.0. The minimum Gasteiger partial charge on any atom is -0.497 e. The van der Waals surface area contributed by atoms with Gasteiger partial charge in [0.05, 0.1) is 7.11 Å². The zero-order valence-electron chi connectivity index (χ0n) is 14.0. The van der Waals surface area contributed by atoms with Gasteiger partial charge in [0.25, 0.3) is 0 Å². The number of nitrogens with two attached hydrogens (primary N) is 1. The number of hydrogen-bond acceptors (Lipinski definition) is 3. The quantitative estimate of drug-likeness (QED) is 0.875. The van der Waals surface area contributed by atoms with Crippen molar-refractivity contribution in [1.29, 1.82) is 0 Å². The Bertz CT molecular complexity index is 659. The molecular formula is C19H26N2O2. The molecule has 23 heavy (non-hydrogen) atoms. The second kappa shape index (κ2) is 4.97. The van der Waals surface area contributed by atoms with E-state index in [1.165, 1.54) is 24.0 Å². The van der Waals surface area contributed by atoms with E-state index in [1.807, 2.05) is 0 Å². The van der Waals surface area contributed by atoms with Gasteiger partial charge < -0.3 is 15.8 Å². The third-order valence-electron chi connectivity index (χ3n) is 6.81. The smallest absolute Gasteiger partial charge is 0.217 e. The molecule has 1 heterocycles. The molecule has 2 aliphatic carbocycles. The largest absolute Gasteiger partial charge is 0.497 e. The van der Waals surface area contributed by atoms with Gasteiger partial charge in [0, 0.05) is 29.8 Å². The van der Waals surface area contributed by atoms with E-state index >= 15 is 0 Å². The van der Waals surface area contributed by atoms with Gasteiger partial charge in [0.2, 0.25) is 5.91 Å². The van der Waals surface area contributed by atoms with Crippen LogP contribution in [0, 0.1) is 11.3 Å². The van der Waals surface area contributed by atoms with E-state index in [0.717, 1.165) is 25.1 Å². The van der Waals surface area contributed by atoms with Crippen molar-refractivity contribution in [2.24, 2.45) is 17.1 Å². The molecule has 3 N–H and O–H groups in total. The highest BCUT2D eigenvalue weighted by molar-refractivity contribution is 5.73. The van der Waals surface area contributed by atoms with Gasteiger partial charge in [-0.15, -0.1) is 0 Å².